The molecule has 1 unspecified atom stereocenters. The minimum atomic E-state index is 0.375. The summed E-state index contributed by atoms with van der Waals surface area (Å²) >= 11 is 0. The van der Waals surface area contributed by atoms with Crippen molar-refractivity contribution in [3.05, 3.63) is 54.3 Å². The molecular weight excluding hydrogens is 306 g/mol. The number of rotatable bonds is 5. The summed E-state index contributed by atoms with van der Waals surface area (Å²) in [7, 11) is 1.68. The summed E-state index contributed by atoms with van der Waals surface area (Å²) in [5.74, 6) is 2.08. The molecule has 1 aromatic carbocycles. The quantitative estimate of drug-likeness (QED) is 0.713. The van der Waals surface area contributed by atoms with E-state index in [9.17, 15) is 0 Å². The SMILES string of the molecule is COc1ccc(C2CCCN2Cc2nc(-c3ccoc3)no2)cc1. The number of benzene rings is 1. The van der Waals surface area contributed by atoms with Gasteiger partial charge >= 0.3 is 0 Å². The predicted molar refractivity (Wildman–Crippen MR) is 87.4 cm³/mol. The third kappa shape index (κ3) is 2.92. The number of hydrogen-bond donors (Lipinski definition) is 0. The van der Waals surface area contributed by atoms with E-state index in [-0.39, 0.29) is 0 Å². The molecular formula is C18H19N3O3. The maximum Gasteiger partial charge on any atom is 0.241 e. The molecule has 0 aliphatic carbocycles. The van der Waals surface area contributed by atoms with E-state index < -0.39 is 0 Å². The van der Waals surface area contributed by atoms with Gasteiger partial charge in [-0.15, -0.1) is 0 Å². The zero-order valence-corrected chi connectivity index (χ0v) is 13.5. The van der Waals surface area contributed by atoms with Crippen LogP contribution in [0.15, 0.2) is 51.8 Å². The van der Waals surface area contributed by atoms with Crippen LogP contribution in [0.1, 0.15) is 30.3 Å². The number of furan rings is 1. The van der Waals surface area contributed by atoms with Gasteiger partial charge in [-0.2, -0.15) is 4.98 Å². The lowest BCUT2D eigenvalue weighted by Gasteiger charge is -2.23. The summed E-state index contributed by atoms with van der Waals surface area (Å²) in [6.45, 7) is 1.68. The van der Waals surface area contributed by atoms with Gasteiger partial charge in [0.1, 0.15) is 12.0 Å². The second-order valence-corrected chi connectivity index (χ2v) is 5.93. The fraction of sp³-hybridized carbons (Fsp3) is 0.333. The number of methoxy groups -OCH3 is 1. The Balaban J connectivity index is 1.49. The number of ether oxygens (including phenoxy) is 1. The molecule has 124 valence electrons. The molecule has 3 aromatic rings. The lowest BCUT2D eigenvalue weighted by Crippen LogP contribution is -2.22. The molecule has 0 N–H and O–H groups in total. The predicted octanol–water partition coefficient (Wildman–Crippen LogP) is 3.68. The van der Waals surface area contributed by atoms with Crippen LogP contribution in [0.25, 0.3) is 11.4 Å². The summed E-state index contributed by atoms with van der Waals surface area (Å²) in [6, 6.07) is 10.5. The Morgan fingerprint density at radius 3 is 2.88 bits per heavy atom. The maximum absolute atomic E-state index is 5.41. The van der Waals surface area contributed by atoms with E-state index in [1.807, 2.05) is 18.2 Å². The van der Waals surface area contributed by atoms with Crippen molar-refractivity contribution < 1.29 is 13.7 Å². The number of nitrogens with zero attached hydrogens (tertiary/aromatic N) is 3. The topological polar surface area (TPSA) is 64.5 Å². The Labute approximate surface area is 140 Å². The fourth-order valence-corrected chi connectivity index (χ4v) is 3.22. The maximum atomic E-state index is 5.41. The molecule has 1 fully saturated rings. The van der Waals surface area contributed by atoms with Crippen molar-refractivity contribution in [3.63, 3.8) is 0 Å². The summed E-state index contributed by atoms with van der Waals surface area (Å²) in [4.78, 5) is 6.86. The molecule has 1 aliphatic heterocycles. The summed E-state index contributed by atoms with van der Waals surface area (Å²) < 4.78 is 15.7. The highest BCUT2D eigenvalue weighted by Crippen LogP contribution is 2.33. The highest BCUT2D eigenvalue weighted by atomic mass is 16.5. The molecule has 0 radical (unpaired) electrons. The molecule has 0 saturated carbocycles. The minimum Gasteiger partial charge on any atom is -0.497 e. The van der Waals surface area contributed by atoms with Gasteiger partial charge < -0.3 is 13.7 Å². The highest BCUT2D eigenvalue weighted by Gasteiger charge is 2.27. The largest absolute Gasteiger partial charge is 0.497 e. The van der Waals surface area contributed by atoms with Crippen LogP contribution in [0.5, 0.6) is 5.75 Å². The van der Waals surface area contributed by atoms with Gasteiger partial charge in [-0.1, -0.05) is 17.3 Å². The van der Waals surface area contributed by atoms with Gasteiger partial charge in [-0.3, -0.25) is 4.90 Å². The van der Waals surface area contributed by atoms with Crippen LogP contribution in [0.4, 0.5) is 0 Å². The minimum absolute atomic E-state index is 0.375. The molecule has 1 atom stereocenters. The molecule has 6 heteroatoms. The smallest absolute Gasteiger partial charge is 0.241 e. The van der Waals surface area contributed by atoms with Crippen molar-refractivity contribution in [2.75, 3.05) is 13.7 Å². The number of likely N-dealkylation sites (tertiary alicyclic amines) is 1. The Kier molecular flexibility index (Phi) is 4.04. The summed E-state index contributed by atoms with van der Waals surface area (Å²) in [5, 5.41) is 4.03. The lowest BCUT2D eigenvalue weighted by molar-refractivity contribution is 0.212. The second kappa shape index (κ2) is 6.49. The third-order valence-electron chi connectivity index (χ3n) is 4.45. The molecule has 0 bridgehead atoms. The van der Waals surface area contributed by atoms with Crippen LogP contribution in [0.2, 0.25) is 0 Å². The zero-order chi connectivity index (χ0) is 16.4. The van der Waals surface area contributed by atoms with Crippen LogP contribution in [-0.4, -0.2) is 28.7 Å². The molecule has 0 amide bonds. The fourth-order valence-electron chi connectivity index (χ4n) is 3.22. The van der Waals surface area contributed by atoms with E-state index in [1.54, 1.807) is 19.6 Å². The zero-order valence-electron chi connectivity index (χ0n) is 13.5. The highest BCUT2D eigenvalue weighted by molar-refractivity contribution is 5.51. The first kappa shape index (κ1) is 15.0. The van der Waals surface area contributed by atoms with Gasteiger partial charge in [0.05, 0.1) is 25.5 Å². The summed E-state index contributed by atoms with van der Waals surface area (Å²) in [6.07, 6.45) is 5.52. The lowest BCUT2D eigenvalue weighted by atomic mass is 10.0. The van der Waals surface area contributed by atoms with Crippen molar-refractivity contribution in [1.29, 1.82) is 0 Å². The van der Waals surface area contributed by atoms with E-state index in [1.165, 1.54) is 12.0 Å². The van der Waals surface area contributed by atoms with Crippen LogP contribution < -0.4 is 4.74 Å². The van der Waals surface area contributed by atoms with E-state index in [0.29, 0.717) is 24.3 Å². The Bertz CT molecular complexity index is 780. The second-order valence-electron chi connectivity index (χ2n) is 5.93. The van der Waals surface area contributed by atoms with Crippen molar-refractivity contribution in [3.8, 4) is 17.1 Å². The molecule has 4 rings (SSSR count). The van der Waals surface area contributed by atoms with E-state index in [2.05, 4.69) is 27.2 Å². The molecule has 24 heavy (non-hydrogen) atoms. The van der Waals surface area contributed by atoms with Crippen molar-refractivity contribution >= 4 is 0 Å². The van der Waals surface area contributed by atoms with Crippen molar-refractivity contribution in [2.45, 2.75) is 25.4 Å². The monoisotopic (exact) mass is 325 g/mol. The first-order valence-electron chi connectivity index (χ1n) is 8.06. The normalized spacial score (nSPS) is 18.1. The Morgan fingerprint density at radius 1 is 1.25 bits per heavy atom. The Hall–Kier alpha value is -2.60. The van der Waals surface area contributed by atoms with Gasteiger partial charge in [0, 0.05) is 6.04 Å². The Morgan fingerprint density at radius 2 is 2.12 bits per heavy atom. The number of aromatic nitrogens is 2. The summed E-state index contributed by atoms with van der Waals surface area (Å²) in [5.41, 5.74) is 2.13. The molecule has 3 heterocycles. The average molecular weight is 325 g/mol. The standard InChI is InChI=1S/C18H19N3O3/c1-22-15-6-4-13(5-7-15)16-3-2-9-21(16)11-17-19-18(20-24-17)14-8-10-23-12-14/h4-8,10,12,16H,2-3,9,11H2,1H3. The van der Waals surface area contributed by atoms with E-state index in [0.717, 1.165) is 24.3 Å². The number of hydrogen-bond acceptors (Lipinski definition) is 6. The first-order valence-corrected chi connectivity index (χ1v) is 8.06. The molecule has 6 nitrogen and oxygen atoms in total. The third-order valence-corrected chi connectivity index (χ3v) is 4.45. The molecule has 0 spiro atoms. The molecule has 2 aromatic heterocycles. The molecule has 1 aliphatic rings. The van der Waals surface area contributed by atoms with Crippen molar-refractivity contribution in [2.24, 2.45) is 0 Å². The van der Waals surface area contributed by atoms with Gasteiger partial charge in [0.15, 0.2) is 0 Å². The molecule has 1 saturated heterocycles. The van der Waals surface area contributed by atoms with E-state index in [4.69, 9.17) is 13.7 Å². The van der Waals surface area contributed by atoms with E-state index >= 15 is 0 Å². The van der Waals surface area contributed by atoms with Gasteiger partial charge in [-0.05, 0) is 43.1 Å². The van der Waals surface area contributed by atoms with Gasteiger partial charge in [0.2, 0.25) is 11.7 Å². The first-order chi connectivity index (χ1) is 11.8. The van der Waals surface area contributed by atoms with Gasteiger partial charge in [-0.25, -0.2) is 0 Å². The van der Waals surface area contributed by atoms with Crippen LogP contribution in [-0.2, 0) is 6.54 Å². The van der Waals surface area contributed by atoms with Gasteiger partial charge in [0.25, 0.3) is 0 Å². The van der Waals surface area contributed by atoms with Crippen molar-refractivity contribution in [1.82, 2.24) is 15.0 Å². The van der Waals surface area contributed by atoms with Crippen LogP contribution in [0, 0.1) is 0 Å². The van der Waals surface area contributed by atoms with Crippen LogP contribution in [0.3, 0.4) is 0 Å². The average Bonchev–Trinajstić information content (AvgIpc) is 3.37. The van der Waals surface area contributed by atoms with Crippen LogP contribution >= 0.6 is 0 Å².